The van der Waals surface area contributed by atoms with Crippen LogP contribution in [0.25, 0.3) is 0 Å². The summed E-state index contributed by atoms with van der Waals surface area (Å²) in [7, 11) is 0. The minimum absolute atomic E-state index is 0.346. The maximum atomic E-state index is 13.5. The Hall–Kier alpha value is -2.63. The van der Waals surface area contributed by atoms with Gasteiger partial charge in [-0.25, -0.2) is 8.78 Å². The van der Waals surface area contributed by atoms with Crippen LogP contribution in [0.15, 0.2) is 41.4 Å². The maximum absolute atomic E-state index is 13.5. The van der Waals surface area contributed by atoms with Crippen molar-refractivity contribution >= 4 is 17.3 Å². The molecule has 0 saturated carbocycles. The molecule has 6 heteroatoms. The largest absolute Gasteiger partial charge is 0.371 e. The average Bonchev–Trinajstić information content (AvgIpc) is 3.18. The molecule has 3 N–H and O–H groups in total. The minimum Gasteiger partial charge on any atom is -0.371 e. The molecule has 1 aliphatic heterocycles. The van der Waals surface area contributed by atoms with Crippen LogP contribution in [0.5, 0.6) is 0 Å². The molecule has 148 valence electrons. The van der Waals surface area contributed by atoms with Crippen LogP contribution in [0.3, 0.4) is 0 Å². The third-order valence-electron chi connectivity index (χ3n) is 5.73. The minimum atomic E-state index is -0.814. The van der Waals surface area contributed by atoms with Gasteiger partial charge >= 0.3 is 0 Å². The molecule has 0 spiro atoms. The van der Waals surface area contributed by atoms with Crippen molar-refractivity contribution in [2.24, 2.45) is 16.6 Å². The lowest BCUT2D eigenvalue weighted by Crippen LogP contribution is -2.26. The Bertz CT molecular complexity index is 881. The second-order valence-electron chi connectivity index (χ2n) is 7.70. The molecule has 1 aliphatic carbocycles. The van der Waals surface area contributed by atoms with E-state index in [4.69, 9.17) is 5.73 Å². The van der Waals surface area contributed by atoms with Crippen LogP contribution in [0.2, 0.25) is 0 Å². The Morgan fingerprint density at radius 1 is 1.14 bits per heavy atom. The normalized spacial score (nSPS) is 19.6. The van der Waals surface area contributed by atoms with Crippen molar-refractivity contribution < 1.29 is 8.78 Å². The second-order valence-corrected chi connectivity index (χ2v) is 7.70. The average molecular weight is 384 g/mol. The predicted octanol–water partition coefficient (Wildman–Crippen LogP) is 4.10. The number of nitrogens with two attached hydrogens (primary N) is 1. The molecule has 4 rings (SSSR count). The lowest BCUT2D eigenvalue weighted by molar-refractivity contribution is 0.508. The molecular formula is C22H26F2N4. The summed E-state index contributed by atoms with van der Waals surface area (Å²) >= 11 is 0. The zero-order valence-corrected chi connectivity index (χ0v) is 15.9. The van der Waals surface area contributed by atoms with Crippen LogP contribution in [0.4, 0.5) is 20.2 Å². The van der Waals surface area contributed by atoms with Crippen molar-refractivity contribution in [2.45, 2.75) is 32.1 Å². The van der Waals surface area contributed by atoms with Crippen molar-refractivity contribution in [3.63, 3.8) is 0 Å². The molecule has 1 fully saturated rings. The van der Waals surface area contributed by atoms with Crippen molar-refractivity contribution in [3.8, 4) is 0 Å². The topological polar surface area (TPSA) is 53.6 Å². The Kier molecular flexibility index (Phi) is 5.46. The highest BCUT2D eigenvalue weighted by Gasteiger charge is 2.23. The van der Waals surface area contributed by atoms with Crippen LogP contribution in [0, 0.1) is 17.6 Å². The molecular weight excluding hydrogens is 358 g/mol. The van der Waals surface area contributed by atoms with E-state index in [2.05, 4.69) is 33.4 Å². The fourth-order valence-corrected chi connectivity index (χ4v) is 4.20. The van der Waals surface area contributed by atoms with Gasteiger partial charge in [0.1, 0.15) is 0 Å². The first-order valence-electron chi connectivity index (χ1n) is 9.98. The first-order valence-corrected chi connectivity index (χ1v) is 9.98. The number of nitrogens with one attached hydrogen (secondary N) is 1. The highest BCUT2D eigenvalue weighted by atomic mass is 19.2. The van der Waals surface area contributed by atoms with Gasteiger partial charge in [-0.05, 0) is 67.3 Å². The molecule has 28 heavy (non-hydrogen) atoms. The molecule has 0 bridgehead atoms. The maximum Gasteiger partial charge on any atom is 0.193 e. The summed E-state index contributed by atoms with van der Waals surface area (Å²) in [5.41, 5.74) is 10.7. The summed E-state index contributed by atoms with van der Waals surface area (Å²) in [4.78, 5) is 6.60. The number of fused-ring (bicyclic) bond motifs is 1. The molecule has 1 saturated heterocycles. The van der Waals surface area contributed by atoms with Crippen LogP contribution >= 0.6 is 0 Å². The Morgan fingerprint density at radius 3 is 2.86 bits per heavy atom. The van der Waals surface area contributed by atoms with Crippen LogP contribution in [-0.4, -0.2) is 25.6 Å². The van der Waals surface area contributed by atoms with Gasteiger partial charge in [0.25, 0.3) is 0 Å². The van der Waals surface area contributed by atoms with E-state index in [-0.39, 0.29) is 0 Å². The number of anilines is 2. The Morgan fingerprint density at radius 2 is 2.00 bits per heavy atom. The zero-order valence-electron chi connectivity index (χ0n) is 15.9. The molecule has 1 unspecified atom stereocenters. The van der Waals surface area contributed by atoms with Crippen molar-refractivity contribution in [1.29, 1.82) is 0 Å². The SMILES string of the molecule is NC(=NCC1CCN(c2ccc(F)c(F)c2)C1)Nc1cccc2c1CCCC2. The summed E-state index contributed by atoms with van der Waals surface area (Å²) in [6.07, 6.45) is 5.62. The van der Waals surface area contributed by atoms with Crippen molar-refractivity contribution in [2.75, 3.05) is 29.9 Å². The quantitative estimate of drug-likeness (QED) is 0.616. The fourth-order valence-electron chi connectivity index (χ4n) is 4.20. The number of hydrogen-bond acceptors (Lipinski definition) is 2. The van der Waals surface area contributed by atoms with Gasteiger partial charge in [-0.3, -0.25) is 4.99 Å². The molecule has 1 heterocycles. The summed E-state index contributed by atoms with van der Waals surface area (Å²) in [6, 6.07) is 10.4. The second kappa shape index (κ2) is 8.17. The standard InChI is InChI=1S/C22H26F2N4/c23-19-9-8-17(12-20(19)24)28-11-10-15(14-28)13-26-22(25)27-21-7-3-5-16-4-1-2-6-18(16)21/h3,5,7-9,12,15H,1-2,4,6,10-11,13-14H2,(H3,25,26,27). The van der Waals surface area contributed by atoms with Gasteiger partial charge in [0.2, 0.25) is 0 Å². The van der Waals surface area contributed by atoms with Crippen LogP contribution in [-0.2, 0) is 12.8 Å². The Balaban J connectivity index is 1.35. The summed E-state index contributed by atoms with van der Waals surface area (Å²) in [5, 5.41) is 3.27. The third-order valence-corrected chi connectivity index (χ3v) is 5.73. The summed E-state index contributed by atoms with van der Waals surface area (Å²) in [6.45, 7) is 2.20. The monoisotopic (exact) mass is 384 g/mol. The van der Waals surface area contributed by atoms with E-state index in [1.165, 1.54) is 36.1 Å². The van der Waals surface area contributed by atoms with Crippen molar-refractivity contribution in [3.05, 3.63) is 59.2 Å². The van der Waals surface area contributed by atoms with Gasteiger partial charge in [-0.15, -0.1) is 0 Å². The van der Waals surface area contributed by atoms with Crippen molar-refractivity contribution in [1.82, 2.24) is 0 Å². The first kappa shape index (κ1) is 18.7. The zero-order chi connectivity index (χ0) is 19.5. The van der Waals surface area contributed by atoms with E-state index in [1.807, 2.05) is 0 Å². The number of nitrogens with zero attached hydrogens (tertiary/aromatic N) is 2. The molecule has 4 nitrogen and oxygen atoms in total. The lowest BCUT2D eigenvalue weighted by atomic mass is 9.90. The number of guanidine groups is 1. The van der Waals surface area contributed by atoms with E-state index in [0.717, 1.165) is 38.0 Å². The number of aliphatic imine (C=N–C) groups is 1. The van der Waals surface area contributed by atoms with Gasteiger partial charge in [0.15, 0.2) is 17.6 Å². The van der Waals surface area contributed by atoms with Crippen LogP contribution < -0.4 is 16.0 Å². The number of halogens is 2. The van der Waals surface area contributed by atoms with Gasteiger partial charge < -0.3 is 16.0 Å². The molecule has 1 atom stereocenters. The molecule has 0 aromatic heterocycles. The van der Waals surface area contributed by atoms with Gasteiger partial charge in [0.05, 0.1) is 0 Å². The molecule has 0 amide bonds. The van der Waals surface area contributed by atoms with E-state index in [0.29, 0.717) is 24.1 Å². The summed E-state index contributed by atoms with van der Waals surface area (Å²) < 4.78 is 26.6. The predicted molar refractivity (Wildman–Crippen MR) is 110 cm³/mol. The lowest BCUT2D eigenvalue weighted by Gasteiger charge is -2.20. The molecule has 2 aliphatic rings. The van der Waals surface area contributed by atoms with Gasteiger partial charge in [-0.2, -0.15) is 0 Å². The van der Waals surface area contributed by atoms with E-state index >= 15 is 0 Å². The van der Waals surface area contributed by atoms with Gasteiger partial charge in [-0.1, -0.05) is 12.1 Å². The highest BCUT2D eigenvalue weighted by molar-refractivity contribution is 5.93. The van der Waals surface area contributed by atoms with E-state index in [9.17, 15) is 8.78 Å². The number of rotatable bonds is 4. The molecule has 2 aromatic rings. The fraction of sp³-hybridized carbons (Fsp3) is 0.409. The number of hydrogen-bond donors (Lipinski definition) is 2. The smallest absolute Gasteiger partial charge is 0.193 e. The third kappa shape index (κ3) is 4.11. The molecule has 0 radical (unpaired) electrons. The van der Waals surface area contributed by atoms with E-state index < -0.39 is 11.6 Å². The van der Waals surface area contributed by atoms with E-state index in [1.54, 1.807) is 6.07 Å². The van der Waals surface area contributed by atoms with Crippen LogP contribution in [0.1, 0.15) is 30.4 Å². The Labute approximate surface area is 164 Å². The highest BCUT2D eigenvalue weighted by Crippen LogP contribution is 2.28. The van der Waals surface area contributed by atoms with Gasteiger partial charge in [0, 0.05) is 37.1 Å². The number of aryl methyl sites for hydroxylation is 1. The summed E-state index contributed by atoms with van der Waals surface area (Å²) in [5.74, 6) is -0.840. The number of benzene rings is 2. The molecule has 2 aromatic carbocycles. The first-order chi connectivity index (χ1) is 13.6.